The third-order valence-corrected chi connectivity index (χ3v) is 3.30. The first-order valence-corrected chi connectivity index (χ1v) is 8.27. The number of nitriles is 1. The summed E-state index contributed by atoms with van der Waals surface area (Å²) in [6, 6.07) is 3.72. The molecule has 3 N–H and O–H groups in total. The number of hydrogen-bond acceptors (Lipinski definition) is 8. The Hall–Kier alpha value is -3.68. The van der Waals surface area contributed by atoms with Crippen molar-refractivity contribution in [3.05, 3.63) is 29.7 Å². The van der Waals surface area contributed by atoms with Crippen LogP contribution in [0.5, 0.6) is 0 Å². The SMILES string of the molecule is CC(C)(C)OC(=O)N[C@@H](Cc1ccc2nc(C(N)=O)cn2n1)C(=O)OCC#N. The minimum absolute atomic E-state index is 0.0382. The quantitative estimate of drug-likeness (QED) is 0.669. The summed E-state index contributed by atoms with van der Waals surface area (Å²) in [6.07, 6.45) is 0.501. The van der Waals surface area contributed by atoms with Crippen molar-refractivity contribution in [2.45, 2.75) is 38.8 Å². The molecule has 2 heterocycles. The highest BCUT2D eigenvalue weighted by atomic mass is 16.6. The largest absolute Gasteiger partial charge is 0.449 e. The second kappa shape index (κ2) is 8.34. The van der Waals surface area contributed by atoms with Gasteiger partial charge in [-0.15, -0.1) is 0 Å². The zero-order valence-electron chi connectivity index (χ0n) is 15.6. The van der Waals surface area contributed by atoms with Crippen LogP contribution in [0.1, 0.15) is 37.0 Å². The summed E-state index contributed by atoms with van der Waals surface area (Å²) in [7, 11) is 0. The number of aromatic nitrogens is 3. The Morgan fingerprint density at radius 2 is 2.07 bits per heavy atom. The van der Waals surface area contributed by atoms with E-state index in [2.05, 4.69) is 15.4 Å². The van der Waals surface area contributed by atoms with Crippen LogP contribution in [0.15, 0.2) is 18.3 Å². The van der Waals surface area contributed by atoms with Crippen molar-refractivity contribution in [3.63, 3.8) is 0 Å². The first-order valence-electron chi connectivity index (χ1n) is 8.27. The third kappa shape index (κ3) is 5.66. The van der Waals surface area contributed by atoms with E-state index in [0.717, 1.165) is 0 Å². The summed E-state index contributed by atoms with van der Waals surface area (Å²) < 4.78 is 11.3. The Morgan fingerprint density at radius 3 is 2.68 bits per heavy atom. The minimum Gasteiger partial charge on any atom is -0.449 e. The lowest BCUT2D eigenvalue weighted by molar-refractivity contribution is -0.144. The number of nitrogens with two attached hydrogens (primary N) is 1. The molecule has 2 aromatic heterocycles. The van der Waals surface area contributed by atoms with Crippen LogP contribution in [0.3, 0.4) is 0 Å². The van der Waals surface area contributed by atoms with Crippen LogP contribution in [-0.4, -0.2) is 50.8 Å². The minimum atomic E-state index is -1.13. The number of fused-ring (bicyclic) bond motifs is 1. The van der Waals surface area contributed by atoms with Gasteiger partial charge in [0.1, 0.15) is 23.4 Å². The fraction of sp³-hybridized carbons (Fsp3) is 0.412. The highest BCUT2D eigenvalue weighted by Crippen LogP contribution is 2.10. The molecule has 11 heteroatoms. The van der Waals surface area contributed by atoms with E-state index in [4.69, 9.17) is 20.5 Å². The molecule has 2 aromatic rings. The topological polar surface area (TPSA) is 162 Å². The summed E-state index contributed by atoms with van der Waals surface area (Å²) in [5.41, 5.74) is 5.27. The van der Waals surface area contributed by atoms with Gasteiger partial charge in [0.2, 0.25) is 0 Å². The van der Waals surface area contributed by atoms with Gasteiger partial charge < -0.3 is 20.5 Å². The molecule has 0 aliphatic rings. The second-order valence-electron chi connectivity index (χ2n) is 6.79. The van der Waals surface area contributed by atoms with Crippen molar-refractivity contribution >= 4 is 23.6 Å². The molecule has 0 fully saturated rings. The summed E-state index contributed by atoms with van der Waals surface area (Å²) in [5, 5.41) is 15.2. The normalized spacial score (nSPS) is 12.1. The summed E-state index contributed by atoms with van der Waals surface area (Å²) in [6.45, 7) is 4.59. The van der Waals surface area contributed by atoms with Crippen molar-refractivity contribution in [2.24, 2.45) is 5.73 Å². The summed E-state index contributed by atoms with van der Waals surface area (Å²) in [5.74, 6) is -1.51. The Bertz CT molecular complexity index is 940. The second-order valence-corrected chi connectivity index (χ2v) is 6.79. The number of hydrogen-bond donors (Lipinski definition) is 2. The van der Waals surface area contributed by atoms with Gasteiger partial charge in [-0.05, 0) is 32.9 Å². The number of carbonyl (C=O) groups excluding carboxylic acids is 3. The molecule has 148 valence electrons. The smallest absolute Gasteiger partial charge is 0.408 e. The highest BCUT2D eigenvalue weighted by Gasteiger charge is 2.26. The van der Waals surface area contributed by atoms with E-state index in [1.54, 1.807) is 39.0 Å². The summed E-state index contributed by atoms with van der Waals surface area (Å²) >= 11 is 0. The van der Waals surface area contributed by atoms with Gasteiger partial charge in [-0.25, -0.2) is 19.1 Å². The fourth-order valence-electron chi connectivity index (χ4n) is 2.21. The molecular formula is C17H20N6O5. The van der Waals surface area contributed by atoms with Crippen LogP contribution >= 0.6 is 0 Å². The van der Waals surface area contributed by atoms with Gasteiger partial charge in [0.05, 0.1) is 11.9 Å². The zero-order chi connectivity index (χ0) is 20.9. The molecule has 0 aliphatic carbocycles. The molecule has 0 saturated carbocycles. The van der Waals surface area contributed by atoms with Gasteiger partial charge in [-0.2, -0.15) is 10.4 Å². The van der Waals surface area contributed by atoms with Crippen molar-refractivity contribution in [3.8, 4) is 6.07 Å². The molecule has 0 bridgehead atoms. The van der Waals surface area contributed by atoms with E-state index in [0.29, 0.717) is 11.3 Å². The maximum atomic E-state index is 12.2. The molecule has 0 aromatic carbocycles. The summed E-state index contributed by atoms with van der Waals surface area (Å²) in [4.78, 5) is 39.5. The van der Waals surface area contributed by atoms with Crippen LogP contribution in [-0.2, 0) is 20.7 Å². The van der Waals surface area contributed by atoms with Crippen LogP contribution in [0, 0.1) is 11.3 Å². The molecule has 0 spiro atoms. The molecule has 28 heavy (non-hydrogen) atoms. The molecule has 0 saturated heterocycles. The number of alkyl carbamates (subject to hydrolysis) is 1. The maximum absolute atomic E-state index is 12.2. The highest BCUT2D eigenvalue weighted by molar-refractivity contribution is 5.91. The zero-order valence-corrected chi connectivity index (χ0v) is 15.6. The lowest BCUT2D eigenvalue weighted by Crippen LogP contribution is -2.45. The predicted octanol–water partition coefficient (Wildman–Crippen LogP) is 0.331. The monoisotopic (exact) mass is 388 g/mol. The number of nitrogens with one attached hydrogen (secondary N) is 1. The maximum Gasteiger partial charge on any atom is 0.408 e. The van der Waals surface area contributed by atoms with Crippen LogP contribution in [0.4, 0.5) is 4.79 Å². The average molecular weight is 388 g/mol. The van der Waals surface area contributed by atoms with Crippen molar-refractivity contribution in [2.75, 3.05) is 6.61 Å². The standard InChI is InChI=1S/C17H20N6O5/c1-17(2,3)28-16(26)21-11(15(25)27-7-6-18)8-10-4-5-13-20-12(14(19)24)9-23(13)22-10/h4-5,9,11H,7-8H2,1-3H3,(H2,19,24)(H,21,26)/t11-/m0/s1. The number of ether oxygens (including phenoxy) is 2. The van der Waals surface area contributed by atoms with E-state index in [-0.39, 0.29) is 12.1 Å². The average Bonchev–Trinajstić information content (AvgIpc) is 3.01. The van der Waals surface area contributed by atoms with E-state index in [1.165, 1.54) is 10.7 Å². The lowest BCUT2D eigenvalue weighted by atomic mass is 10.1. The Balaban J connectivity index is 2.21. The first-order chi connectivity index (χ1) is 13.1. The van der Waals surface area contributed by atoms with E-state index >= 15 is 0 Å². The van der Waals surface area contributed by atoms with Crippen LogP contribution in [0.25, 0.3) is 5.65 Å². The number of primary amides is 1. The molecular weight excluding hydrogens is 368 g/mol. The fourth-order valence-corrected chi connectivity index (χ4v) is 2.21. The van der Waals surface area contributed by atoms with Crippen molar-refractivity contribution in [1.29, 1.82) is 5.26 Å². The van der Waals surface area contributed by atoms with Gasteiger partial charge in [0, 0.05) is 6.42 Å². The van der Waals surface area contributed by atoms with E-state index < -0.39 is 36.2 Å². The molecule has 0 unspecified atom stereocenters. The number of nitrogens with zero attached hydrogens (tertiary/aromatic N) is 4. The van der Waals surface area contributed by atoms with Crippen LogP contribution in [0.2, 0.25) is 0 Å². The van der Waals surface area contributed by atoms with Gasteiger partial charge in [-0.1, -0.05) is 0 Å². The van der Waals surface area contributed by atoms with Crippen LogP contribution < -0.4 is 11.1 Å². The molecule has 1 atom stereocenters. The van der Waals surface area contributed by atoms with Gasteiger partial charge in [0.15, 0.2) is 12.3 Å². The van der Waals surface area contributed by atoms with E-state index in [1.807, 2.05) is 0 Å². The van der Waals surface area contributed by atoms with Gasteiger partial charge in [-0.3, -0.25) is 4.79 Å². The van der Waals surface area contributed by atoms with Gasteiger partial charge >= 0.3 is 12.1 Å². The van der Waals surface area contributed by atoms with E-state index in [9.17, 15) is 14.4 Å². The lowest BCUT2D eigenvalue weighted by Gasteiger charge is -2.22. The molecule has 0 aliphatic heterocycles. The number of imidazole rings is 1. The number of esters is 1. The number of carbonyl (C=O) groups is 3. The first kappa shape index (κ1) is 20.6. The molecule has 2 amide bonds. The van der Waals surface area contributed by atoms with Crippen molar-refractivity contribution in [1.82, 2.24) is 19.9 Å². The van der Waals surface area contributed by atoms with Gasteiger partial charge in [0.25, 0.3) is 5.91 Å². The Morgan fingerprint density at radius 1 is 1.36 bits per heavy atom. The Kier molecular flexibility index (Phi) is 6.15. The molecule has 0 radical (unpaired) electrons. The Labute approximate surface area is 160 Å². The predicted molar refractivity (Wildman–Crippen MR) is 94.9 cm³/mol. The number of amides is 2. The molecule has 11 nitrogen and oxygen atoms in total. The van der Waals surface area contributed by atoms with Crippen molar-refractivity contribution < 1.29 is 23.9 Å². The number of rotatable bonds is 6. The third-order valence-electron chi connectivity index (χ3n) is 3.30. The molecule has 2 rings (SSSR count).